The number of alkyl halides is 1. The van der Waals surface area contributed by atoms with E-state index in [0.29, 0.717) is 11.9 Å². The molecule has 2 heterocycles. The number of imidazole rings is 1. The van der Waals surface area contributed by atoms with Gasteiger partial charge in [0.2, 0.25) is 5.88 Å². The number of halogens is 1. The SMILES string of the molecule is COc1ccc2nc(C(C)Cl)n(C3CCC(SC)C3)c2n1. The summed E-state index contributed by atoms with van der Waals surface area (Å²) in [6.07, 6.45) is 5.74. The quantitative estimate of drug-likeness (QED) is 0.790. The molecule has 1 aliphatic rings. The van der Waals surface area contributed by atoms with Crippen molar-refractivity contribution >= 4 is 34.5 Å². The summed E-state index contributed by atoms with van der Waals surface area (Å²) in [6.45, 7) is 1.97. The fraction of sp³-hybridized carbons (Fsp3) is 0.600. The molecule has 0 N–H and O–H groups in total. The fourth-order valence-corrected chi connectivity index (χ4v) is 4.03. The summed E-state index contributed by atoms with van der Waals surface area (Å²) in [5.41, 5.74) is 1.79. The van der Waals surface area contributed by atoms with Gasteiger partial charge in [0.1, 0.15) is 11.3 Å². The highest BCUT2D eigenvalue weighted by atomic mass is 35.5. The fourth-order valence-electron chi connectivity index (χ4n) is 3.09. The third-order valence-electron chi connectivity index (χ3n) is 4.16. The summed E-state index contributed by atoms with van der Waals surface area (Å²) in [5.74, 6) is 1.54. The van der Waals surface area contributed by atoms with Crippen LogP contribution in [0.25, 0.3) is 11.2 Å². The third-order valence-corrected chi connectivity index (χ3v) is 5.45. The van der Waals surface area contributed by atoms with Gasteiger partial charge in [-0.05, 0) is 38.5 Å². The van der Waals surface area contributed by atoms with Crippen molar-refractivity contribution in [3.8, 4) is 5.88 Å². The summed E-state index contributed by atoms with van der Waals surface area (Å²) < 4.78 is 7.50. The van der Waals surface area contributed by atoms with Crippen LogP contribution in [0.5, 0.6) is 5.88 Å². The Kier molecular flexibility index (Phi) is 4.31. The molecule has 4 nitrogen and oxygen atoms in total. The number of rotatable bonds is 4. The number of aromatic nitrogens is 3. The number of pyridine rings is 1. The molecule has 0 aromatic carbocycles. The van der Waals surface area contributed by atoms with Gasteiger partial charge in [-0.1, -0.05) is 0 Å². The van der Waals surface area contributed by atoms with Crippen LogP contribution in [0, 0.1) is 0 Å². The lowest BCUT2D eigenvalue weighted by molar-refractivity contribution is 0.398. The van der Waals surface area contributed by atoms with Crippen LogP contribution in [0.4, 0.5) is 0 Å². The smallest absolute Gasteiger partial charge is 0.215 e. The molecule has 0 saturated heterocycles. The highest BCUT2D eigenvalue weighted by Crippen LogP contribution is 2.40. The van der Waals surface area contributed by atoms with Gasteiger partial charge in [0, 0.05) is 17.4 Å². The minimum Gasteiger partial charge on any atom is -0.481 e. The van der Waals surface area contributed by atoms with Crippen molar-refractivity contribution < 1.29 is 4.74 Å². The molecular weight excluding hydrogens is 306 g/mol. The molecular formula is C15H20ClN3OS. The van der Waals surface area contributed by atoms with Gasteiger partial charge in [-0.2, -0.15) is 16.7 Å². The Labute approximate surface area is 134 Å². The molecule has 0 aliphatic heterocycles. The van der Waals surface area contributed by atoms with Crippen molar-refractivity contribution in [2.45, 2.75) is 42.9 Å². The maximum Gasteiger partial charge on any atom is 0.215 e. The topological polar surface area (TPSA) is 39.9 Å². The van der Waals surface area contributed by atoms with E-state index < -0.39 is 0 Å². The zero-order valence-corrected chi connectivity index (χ0v) is 14.1. The summed E-state index contributed by atoms with van der Waals surface area (Å²) in [7, 11) is 1.64. The van der Waals surface area contributed by atoms with Crippen molar-refractivity contribution in [3.63, 3.8) is 0 Å². The van der Waals surface area contributed by atoms with Crippen LogP contribution in [0.2, 0.25) is 0 Å². The zero-order valence-electron chi connectivity index (χ0n) is 12.5. The Morgan fingerprint density at radius 1 is 1.38 bits per heavy atom. The van der Waals surface area contributed by atoms with E-state index in [1.807, 2.05) is 30.8 Å². The lowest BCUT2D eigenvalue weighted by Crippen LogP contribution is -2.11. The molecule has 2 aromatic rings. The van der Waals surface area contributed by atoms with E-state index in [0.717, 1.165) is 35.1 Å². The van der Waals surface area contributed by atoms with Crippen LogP contribution >= 0.6 is 23.4 Å². The molecule has 3 atom stereocenters. The predicted molar refractivity (Wildman–Crippen MR) is 88.5 cm³/mol. The normalized spacial score (nSPS) is 23.6. The lowest BCUT2D eigenvalue weighted by Gasteiger charge is -2.17. The van der Waals surface area contributed by atoms with E-state index in [1.165, 1.54) is 6.42 Å². The largest absolute Gasteiger partial charge is 0.481 e. The van der Waals surface area contributed by atoms with Crippen LogP contribution in [0.15, 0.2) is 12.1 Å². The zero-order chi connectivity index (χ0) is 15.0. The van der Waals surface area contributed by atoms with E-state index in [-0.39, 0.29) is 5.38 Å². The number of nitrogens with zero attached hydrogens (tertiary/aromatic N) is 3. The van der Waals surface area contributed by atoms with Crippen LogP contribution < -0.4 is 4.74 Å². The third kappa shape index (κ3) is 2.73. The van der Waals surface area contributed by atoms with Crippen LogP contribution in [0.1, 0.15) is 43.4 Å². The van der Waals surface area contributed by atoms with E-state index >= 15 is 0 Å². The van der Waals surface area contributed by atoms with Gasteiger partial charge in [-0.3, -0.25) is 0 Å². The molecule has 2 aromatic heterocycles. The van der Waals surface area contributed by atoms with E-state index in [4.69, 9.17) is 16.3 Å². The Hall–Kier alpha value is -0.940. The molecule has 1 saturated carbocycles. The van der Waals surface area contributed by atoms with Gasteiger partial charge in [0.05, 0.1) is 12.5 Å². The summed E-state index contributed by atoms with van der Waals surface area (Å²) in [6, 6.07) is 4.24. The average Bonchev–Trinajstić information content (AvgIpc) is 3.09. The monoisotopic (exact) mass is 325 g/mol. The molecule has 3 unspecified atom stereocenters. The molecule has 0 spiro atoms. The Morgan fingerprint density at radius 2 is 2.19 bits per heavy atom. The second kappa shape index (κ2) is 6.05. The molecule has 6 heteroatoms. The van der Waals surface area contributed by atoms with Crippen LogP contribution in [-0.2, 0) is 0 Å². The maximum absolute atomic E-state index is 6.35. The number of thioether (sulfide) groups is 1. The van der Waals surface area contributed by atoms with E-state index in [1.54, 1.807) is 7.11 Å². The molecule has 3 rings (SSSR count). The number of hydrogen-bond acceptors (Lipinski definition) is 4. The molecule has 0 amide bonds. The van der Waals surface area contributed by atoms with Crippen molar-refractivity contribution in [3.05, 3.63) is 18.0 Å². The van der Waals surface area contributed by atoms with Gasteiger partial charge in [0.15, 0.2) is 5.65 Å². The minimum atomic E-state index is -0.126. The van der Waals surface area contributed by atoms with Gasteiger partial charge < -0.3 is 9.30 Å². The Morgan fingerprint density at radius 3 is 2.81 bits per heavy atom. The first-order valence-electron chi connectivity index (χ1n) is 7.23. The highest BCUT2D eigenvalue weighted by Gasteiger charge is 2.30. The number of methoxy groups -OCH3 is 1. The predicted octanol–water partition coefficient (Wildman–Crippen LogP) is 4.20. The Bertz CT molecular complexity index is 643. The van der Waals surface area contributed by atoms with Gasteiger partial charge in [-0.15, -0.1) is 11.6 Å². The first kappa shape index (κ1) is 15.0. The minimum absolute atomic E-state index is 0.126. The highest BCUT2D eigenvalue weighted by molar-refractivity contribution is 7.99. The van der Waals surface area contributed by atoms with Crippen LogP contribution in [0.3, 0.4) is 0 Å². The second-order valence-electron chi connectivity index (χ2n) is 5.48. The molecule has 1 aliphatic carbocycles. The molecule has 21 heavy (non-hydrogen) atoms. The van der Waals surface area contributed by atoms with Crippen molar-refractivity contribution in [1.29, 1.82) is 0 Å². The Balaban J connectivity index is 2.11. The van der Waals surface area contributed by atoms with Crippen molar-refractivity contribution in [1.82, 2.24) is 14.5 Å². The van der Waals surface area contributed by atoms with Crippen molar-refractivity contribution in [2.75, 3.05) is 13.4 Å². The maximum atomic E-state index is 6.35. The van der Waals surface area contributed by atoms with Gasteiger partial charge >= 0.3 is 0 Å². The second-order valence-corrected chi connectivity index (χ2v) is 7.27. The molecule has 0 radical (unpaired) electrons. The molecule has 1 fully saturated rings. The number of fused-ring (bicyclic) bond motifs is 1. The summed E-state index contributed by atoms with van der Waals surface area (Å²) >= 11 is 8.30. The summed E-state index contributed by atoms with van der Waals surface area (Å²) in [5, 5.41) is 0.593. The van der Waals surface area contributed by atoms with E-state index in [2.05, 4.69) is 20.8 Å². The van der Waals surface area contributed by atoms with Crippen LogP contribution in [-0.4, -0.2) is 33.2 Å². The first-order chi connectivity index (χ1) is 10.1. The molecule has 0 bridgehead atoms. The van der Waals surface area contributed by atoms with Gasteiger partial charge in [-0.25, -0.2) is 4.98 Å². The summed E-state index contributed by atoms with van der Waals surface area (Å²) in [4.78, 5) is 9.29. The number of hydrogen-bond donors (Lipinski definition) is 0. The van der Waals surface area contributed by atoms with Crippen molar-refractivity contribution in [2.24, 2.45) is 0 Å². The standard InChI is InChI=1S/C15H20ClN3OS/c1-9(16)14-17-12-6-7-13(20-2)18-15(12)19(14)10-4-5-11(8-10)21-3/h6-7,9-11H,4-5,8H2,1-3H3. The van der Waals surface area contributed by atoms with E-state index in [9.17, 15) is 0 Å². The van der Waals surface area contributed by atoms with Gasteiger partial charge in [0.25, 0.3) is 0 Å². The average molecular weight is 326 g/mol. The molecule has 114 valence electrons. The number of ether oxygens (including phenoxy) is 1. The lowest BCUT2D eigenvalue weighted by atomic mass is 10.2. The first-order valence-corrected chi connectivity index (χ1v) is 8.96.